The summed E-state index contributed by atoms with van der Waals surface area (Å²) in [5.74, 6) is -1.09. The Kier molecular flexibility index (Phi) is 4.66. The fourth-order valence-electron chi connectivity index (χ4n) is 3.60. The van der Waals surface area contributed by atoms with Gasteiger partial charge in [-0.2, -0.15) is 0 Å². The number of primary amides is 1. The summed E-state index contributed by atoms with van der Waals surface area (Å²) in [6.45, 7) is 0. The highest BCUT2D eigenvalue weighted by atomic mass is 19.1. The SMILES string of the molecule is COc1ccc(-c2cc(C(N)=O)c3[nH]c4cc(C(=O)N(C)C)ccc4c3c2)cc1F. The molecule has 30 heavy (non-hydrogen) atoms. The third-order valence-electron chi connectivity index (χ3n) is 5.11. The molecule has 152 valence electrons. The van der Waals surface area contributed by atoms with E-state index < -0.39 is 11.7 Å². The molecule has 4 rings (SSSR count). The summed E-state index contributed by atoms with van der Waals surface area (Å²) in [5.41, 5.74) is 8.96. The molecule has 0 aliphatic carbocycles. The van der Waals surface area contributed by atoms with Crippen molar-refractivity contribution in [3.8, 4) is 16.9 Å². The minimum atomic E-state index is -0.605. The number of H-pyrrole nitrogens is 1. The zero-order valence-corrected chi connectivity index (χ0v) is 16.7. The first-order valence-electron chi connectivity index (χ1n) is 9.25. The van der Waals surface area contributed by atoms with E-state index in [9.17, 15) is 14.0 Å². The number of halogens is 1. The summed E-state index contributed by atoms with van der Waals surface area (Å²) in [6.07, 6.45) is 0. The molecule has 0 atom stereocenters. The van der Waals surface area contributed by atoms with Crippen molar-refractivity contribution < 1.29 is 18.7 Å². The van der Waals surface area contributed by atoms with Gasteiger partial charge in [0.15, 0.2) is 11.6 Å². The van der Waals surface area contributed by atoms with E-state index in [2.05, 4.69) is 4.98 Å². The fraction of sp³-hybridized carbons (Fsp3) is 0.130. The monoisotopic (exact) mass is 405 g/mol. The van der Waals surface area contributed by atoms with Crippen LogP contribution < -0.4 is 10.5 Å². The average Bonchev–Trinajstić information content (AvgIpc) is 3.09. The van der Waals surface area contributed by atoms with E-state index in [4.69, 9.17) is 10.5 Å². The molecule has 1 aromatic heterocycles. The van der Waals surface area contributed by atoms with Crippen LogP contribution in [0.2, 0.25) is 0 Å². The molecule has 0 spiro atoms. The molecule has 7 heteroatoms. The number of methoxy groups -OCH3 is 1. The molecule has 0 unspecified atom stereocenters. The number of aromatic nitrogens is 1. The summed E-state index contributed by atoms with van der Waals surface area (Å²) in [6, 6.07) is 13.4. The topological polar surface area (TPSA) is 88.4 Å². The number of hydrogen-bond donors (Lipinski definition) is 2. The Labute approximate surface area is 172 Å². The lowest BCUT2D eigenvalue weighted by molar-refractivity contribution is 0.0827. The molecule has 1 heterocycles. The number of carbonyl (C=O) groups is 2. The Balaban J connectivity index is 1.96. The van der Waals surface area contributed by atoms with Crippen molar-refractivity contribution in [2.45, 2.75) is 0 Å². The molecule has 0 fully saturated rings. The van der Waals surface area contributed by atoms with E-state index in [0.29, 0.717) is 27.7 Å². The van der Waals surface area contributed by atoms with Crippen LogP contribution in [0, 0.1) is 5.82 Å². The lowest BCUT2D eigenvalue weighted by Crippen LogP contribution is -2.21. The summed E-state index contributed by atoms with van der Waals surface area (Å²) in [7, 11) is 4.77. The fourth-order valence-corrected chi connectivity index (χ4v) is 3.60. The number of fused-ring (bicyclic) bond motifs is 3. The number of aromatic amines is 1. The first kappa shape index (κ1) is 19.4. The van der Waals surface area contributed by atoms with Crippen LogP contribution in [0.5, 0.6) is 5.75 Å². The van der Waals surface area contributed by atoms with Crippen molar-refractivity contribution in [2.24, 2.45) is 5.73 Å². The van der Waals surface area contributed by atoms with E-state index in [-0.39, 0.29) is 17.2 Å². The van der Waals surface area contributed by atoms with Crippen molar-refractivity contribution in [3.05, 3.63) is 65.5 Å². The molecular formula is C23H20FN3O3. The molecule has 3 aromatic carbocycles. The summed E-state index contributed by atoms with van der Waals surface area (Å²) >= 11 is 0. The maximum Gasteiger partial charge on any atom is 0.253 e. The number of benzene rings is 3. The van der Waals surface area contributed by atoms with Crippen LogP contribution in [-0.4, -0.2) is 42.9 Å². The van der Waals surface area contributed by atoms with Crippen molar-refractivity contribution in [3.63, 3.8) is 0 Å². The first-order chi connectivity index (χ1) is 14.3. The zero-order valence-electron chi connectivity index (χ0n) is 16.7. The number of ether oxygens (including phenoxy) is 1. The van der Waals surface area contributed by atoms with Gasteiger partial charge in [-0.05, 0) is 47.5 Å². The molecule has 3 N–H and O–H groups in total. The molecular weight excluding hydrogens is 385 g/mol. The van der Waals surface area contributed by atoms with Crippen molar-refractivity contribution in [1.82, 2.24) is 9.88 Å². The number of carbonyl (C=O) groups excluding carboxylic acids is 2. The van der Waals surface area contributed by atoms with Gasteiger partial charge in [0.05, 0.1) is 18.2 Å². The number of nitrogens with two attached hydrogens (primary N) is 1. The molecule has 0 aliphatic rings. The third kappa shape index (κ3) is 3.14. The second kappa shape index (κ2) is 7.18. The smallest absolute Gasteiger partial charge is 0.253 e. The highest BCUT2D eigenvalue weighted by Gasteiger charge is 2.17. The molecule has 0 saturated carbocycles. The van der Waals surface area contributed by atoms with E-state index in [1.807, 2.05) is 12.1 Å². The van der Waals surface area contributed by atoms with Crippen LogP contribution in [0.4, 0.5) is 4.39 Å². The number of rotatable bonds is 4. The first-order valence-corrected chi connectivity index (χ1v) is 9.25. The number of amides is 2. The minimum absolute atomic E-state index is 0.125. The van der Waals surface area contributed by atoms with Gasteiger partial charge in [0, 0.05) is 35.9 Å². The van der Waals surface area contributed by atoms with Crippen LogP contribution in [0.3, 0.4) is 0 Å². The molecule has 6 nitrogen and oxygen atoms in total. The number of nitrogens with zero attached hydrogens (tertiary/aromatic N) is 1. The van der Waals surface area contributed by atoms with E-state index >= 15 is 0 Å². The van der Waals surface area contributed by atoms with Crippen molar-refractivity contribution >= 4 is 33.6 Å². The third-order valence-corrected chi connectivity index (χ3v) is 5.11. The Morgan fingerprint density at radius 3 is 2.40 bits per heavy atom. The molecule has 2 amide bonds. The standard InChI is InChI=1S/C23H20FN3O3/c1-27(2)23(29)13-4-6-15-16-8-14(12-5-7-20(30-3)18(24)10-12)9-17(22(25)28)21(16)26-19(15)11-13/h4-11,26H,1-3H3,(H2,25,28). The Hall–Kier alpha value is -3.87. The lowest BCUT2D eigenvalue weighted by atomic mass is 9.98. The molecule has 0 saturated heterocycles. The zero-order chi connectivity index (χ0) is 21.6. The molecule has 0 aliphatic heterocycles. The normalized spacial score (nSPS) is 11.1. The summed E-state index contributed by atoms with van der Waals surface area (Å²) in [4.78, 5) is 29.1. The molecule has 0 bridgehead atoms. The maximum absolute atomic E-state index is 14.2. The van der Waals surface area contributed by atoms with Crippen molar-refractivity contribution in [1.29, 1.82) is 0 Å². The highest BCUT2D eigenvalue weighted by Crippen LogP contribution is 2.34. The Morgan fingerprint density at radius 2 is 1.77 bits per heavy atom. The predicted molar refractivity (Wildman–Crippen MR) is 114 cm³/mol. The van der Waals surface area contributed by atoms with Gasteiger partial charge >= 0.3 is 0 Å². The highest BCUT2D eigenvalue weighted by molar-refractivity contribution is 6.17. The van der Waals surface area contributed by atoms with Crippen LogP contribution in [0.25, 0.3) is 32.9 Å². The van der Waals surface area contributed by atoms with Gasteiger partial charge in [0.2, 0.25) is 0 Å². The minimum Gasteiger partial charge on any atom is -0.494 e. The van der Waals surface area contributed by atoms with Gasteiger partial charge in [-0.1, -0.05) is 12.1 Å². The van der Waals surface area contributed by atoms with Crippen LogP contribution >= 0.6 is 0 Å². The quantitative estimate of drug-likeness (QED) is 0.539. The maximum atomic E-state index is 14.2. The molecule has 0 radical (unpaired) electrons. The summed E-state index contributed by atoms with van der Waals surface area (Å²) in [5, 5.41) is 1.59. The van der Waals surface area contributed by atoms with Gasteiger partial charge in [-0.25, -0.2) is 4.39 Å². The van der Waals surface area contributed by atoms with Crippen LogP contribution in [0.1, 0.15) is 20.7 Å². The van der Waals surface area contributed by atoms with E-state index in [1.165, 1.54) is 24.1 Å². The number of nitrogens with one attached hydrogen (secondary N) is 1. The number of hydrogen-bond acceptors (Lipinski definition) is 3. The van der Waals surface area contributed by atoms with E-state index in [0.717, 1.165) is 10.8 Å². The summed E-state index contributed by atoms with van der Waals surface area (Å²) < 4.78 is 19.2. The molecule has 4 aromatic rings. The Bertz CT molecular complexity index is 1320. The lowest BCUT2D eigenvalue weighted by Gasteiger charge is -2.09. The Morgan fingerprint density at radius 1 is 1.00 bits per heavy atom. The van der Waals surface area contributed by atoms with Crippen LogP contribution in [0.15, 0.2) is 48.5 Å². The van der Waals surface area contributed by atoms with Gasteiger partial charge in [0.25, 0.3) is 11.8 Å². The van der Waals surface area contributed by atoms with E-state index in [1.54, 1.807) is 38.4 Å². The van der Waals surface area contributed by atoms with Gasteiger partial charge < -0.3 is 20.4 Å². The predicted octanol–water partition coefficient (Wildman–Crippen LogP) is 3.94. The largest absolute Gasteiger partial charge is 0.494 e. The van der Waals surface area contributed by atoms with Crippen molar-refractivity contribution in [2.75, 3.05) is 21.2 Å². The van der Waals surface area contributed by atoms with Gasteiger partial charge in [0.1, 0.15) is 0 Å². The average molecular weight is 405 g/mol. The van der Waals surface area contributed by atoms with Crippen LogP contribution in [-0.2, 0) is 0 Å². The second-order valence-corrected chi connectivity index (χ2v) is 7.24. The van der Waals surface area contributed by atoms with Gasteiger partial charge in [-0.3, -0.25) is 9.59 Å². The second-order valence-electron chi connectivity index (χ2n) is 7.24. The van der Waals surface area contributed by atoms with Gasteiger partial charge in [-0.15, -0.1) is 0 Å².